The van der Waals surface area contributed by atoms with Gasteiger partial charge in [0, 0.05) is 5.69 Å². The smallest absolute Gasteiger partial charge is 0.273 e. The highest BCUT2D eigenvalue weighted by molar-refractivity contribution is 7.92. The van der Waals surface area contributed by atoms with Crippen LogP contribution in [-0.2, 0) is 21.4 Å². The summed E-state index contributed by atoms with van der Waals surface area (Å²) >= 11 is 0. The normalized spacial score (nSPS) is 11.1. The second-order valence-corrected chi connectivity index (χ2v) is 12.0. The van der Waals surface area contributed by atoms with Gasteiger partial charge in [0.25, 0.3) is 21.8 Å². The molecule has 11 heteroatoms. The first-order chi connectivity index (χ1) is 22.8. The number of methoxy groups -OCH3 is 1. The van der Waals surface area contributed by atoms with Gasteiger partial charge in [0.05, 0.1) is 36.0 Å². The molecular formula is C36H32N4O6S. The molecule has 5 aromatic rings. The highest BCUT2D eigenvalue weighted by Gasteiger charge is 2.28. The molecule has 10 nitrogen and oxygen atoms in total. The Kier molecular flexibility index (Phi) is 10.6. The van der Waals surface area contributed by atoms with Crippen LogP contribution >= 0.6 is 0 Å². The van der Waals surface area contributed by atoms with Crippen molar-refractivity contribution in [1.29, 1.82) is 0 Å². The van der Waals surface area contributed by atoms with Crippen LogP contribution in [0.5, 0.6) is 11.5 Å². The minimum Gasteiger partial charge on any atom is -0.497 e. The van der Waals surface area contributed by atoms with Crippen molar-refractivity contribution in [2.75, 3.05) is 23.3 Å². The molecule has 2 N–H and O–H groups in total. The zero-order valence-corrected chi connectivity index (χ0v) is 26.3. The van der Waals surface area contributed by atoms with Gasteiger partial charge in [0.1, 0.15) is 11.5 Å². The van der Waals surface area contributed by atoms with E-state index >= 15 is 0 Å². The monoisotopic (exact) mass is 648 g/mol. The van der Waals surface area contributed by atoms with Gasteiger partial charge in [-0.25, -0.2) is 13.8 Å². The van der Waals surface area contributed by atoms with E-state index in [4.69, 9.17) is 9.47 Å². The number of ether oxygens (including phenoxy) is 2. The van der Waals surface area contributed by atoms with Gasteiger partial charge in [-0.2, -0.15) is 5.10 Å². The summed E-state index contributed by atoms with van der Waals surface area (Å²) in [6.45, 7) is -0.168. The molecule has 5 rings (SSSR count). The van der Waals surface area contributed by atoms with Gasteiger partial charge in [0.2, 0.25) is 0 Å². The van der Waals surface area contributed by atoms with Gasteiger partial charge in [-0.05, 0) is 83.9 Å². The Morgan fingerprint density at radius 2 is 1.38 bits per heavy atom. The molecule has 0 aliphatic carbocycles. The van der Waals surface area contributed by atoms with E-state index < -0.39 is 15.9 Å². The summed E-state index contributed by atoms with van der Waals surface area (Å²) in [5.74, 6) is 0.123. The zero-order valence-electron chi connectivity index (χ0n) is 25.4. The summed E-state index contributed by atoms with van der Waals surface area (Å²) in [4.78, 5) is 25.6. The van der Waals surface area contributed by atoms with Crippen LogP contribution in [0.3, 0.4) is 0 Å². The minimum atomic E-state index is -4.10. The number of nitrogens with zero attached hydrogens (tertiary/aromatic N) is 2. The molecule has 47 heavy (non-hydrogen) atoms. The number of anilines is 2. The lowest BCUT2D eigenvalue weighted by molar-refractivity contribution is -0.118. The van der Waals surface area contributed by atoms with Crippen molar-refractivity contribution in [3.63, 3.8) is 0 Å². The molecular weight excluding hydrogens is 616 g/mol. The molecule has 0 saturated carbocycles. The highest BCUT2D eigenvalue weighted by atomic mass is 32.2. The SMILES string of the molecule is COc1ccc(S(=O)(=O)N(Cc2ccccc2)c2ccccc2C(=O)N/N=C\c2ccc(OCC(=O)Nc3ccccc3)cc2)cc1. The Morgan fingerprint density at radius 3 is 2.06 bits per heavy atom. The predicted octanol–water partition coefficient (Wildman–Crippen LogP) is 5.87. The summed E-state index contributed by atoms with van der Waals surface area (Å²) in [6.07, 6.45) is 1.45. The van der Waals surface area contributed by atoms with Crippen LogP contribution in [0.25, 0.3) is 0 Å². The average Bonchev–Trinajstić information content (AvgIpc) is 3.11. The van der Waals surface area contributed by atoms with Crippen LogP contribution < -0.4 is 24.5 Å². The maximum Gasteiger partial charge on any atom is 0.273 e. The van der Waals surface area contributed by atoms with Gasteiger partial charge >= 0.3 is 0 Å². The molecule has 0 aromatic heterocycles. The lowest BCUT2D eigenvalue weighted by Gasteiger charge is -2.26. The van der Waals surface area contributed by atoms with E-state index in [1.165, 1.54) is 29.8 Å². The standard InChI is InChI=1S/C36H32N4O6S/c1-45-30-20-22-32(23-21-30)47(43,44)40(25-28-10-4-2-5-11-28)34-15-9-8-14-33(34)36(42)39-37-24-27-16-18-31(19-17-27)46-26-35(41)38-29-12-6-3-7-13-29/h2-24H,25-26H2,1H3,(H,38,41)(H,39,42)/b37-24-. The van der Waals surface area contributed by atoms with Crippen LogP contribution in [-0.4, -0.2) is 40.2 Å². The van der Waals surface area contributed by atoms with E-state index in [1.54, 1.807) is 72.8 Å². The van der Waals surface area contributed by atoms with E-state index in [1.807, 2.05) is 48.5 Å². The van der Waals surface area contributed by atoms with Gasteiger partial charge in [-0.3, -0.25) is 13.9 Å². The molecule has 0 atom stereocenters. The van der Waals surface area contributed by atoms with Crippen LogP contribution in [0.2, 0.25) is 0 Å². The van der Waals surface area contributed by atoms with Crippen molar-refractivity contribution in [2.24, 2.45) is 5.10 Å². The maximum atomic E-state index is 14.0. The Balaban J connectivity index is 1.28. The van der Waals surface area contributed by atoms with Crippen LogP contribution in [0.4, 0.5) is 11.4 Å². The Hall–Kier alpha value is -5.94. The predicted molar refractivity (Wildman–Crippen MR) is 181 cm³/mol. The van der Waals surface area contributed by atoms with Crippen molar-refractivity contribution in [2.45, 2.75) is 11.4 Å². The fraction of sp³-hybridized carbons (Fsp3) is 0.0833. The second-order valence-electron chi connectivity index (χ2n) is 10.2. The first-order valence-corrected chi connectivity index (χ1v) is 16.0. The lowest BCUT2D eigenvalue weighted by atomic mass is 10.1. The number of nitrogens with one attached hydrogen (secondary N) is 2. The third-order valence-corrected chi connectivity index (χ3v) is 8.70. The van der Waals surface area contributed by atoms with E-state index in [9.17, 15) is 18.0 Å². The Labute approximate surface area is 273 Å². The van der Waals surface area contributed by atoms with Crippen LogP contribution in [0, 0.1) is 0 Å². The minimum absolute atomic E-state index is 0.00883. The number of carbonyl (C=O) groups excluding carboxylic acids is 2. The summed E-state index contributed by atoms with van der Waals surface area (Å²) in [7, 11) is -2.60. The zero-order chi connectivity index (χ0) is 33.1. The topological polar surface area (TPSA) is 126 Å². The molecule has 0 radical (unpaired) electrons. The first-order valence-electron chi connectivity index (χ1n) is 14.5. The molecule has 0 saturated heterocycles. The molecule has 0 fully saturated rings. The van der Waals surface area contributed by atoms with Gasteiger partial charge in [-0.15, -0.1) is 0 Å². The largest absolute Gasteiger partial charge is 0.497 e. The molecule has 0 spiro atoms. The summed E-state index contributed by atoms with van der Waals surface area (Å²) < 4.78 is 40.0. The fourth-order valence-electron chi connectivity index (χ4n) is 4.55. The molecule has 0 bridgehead atoms. The van der Waals surface area contributed by atoms with E-state index in [0.717, 1.165) is 5.56 Å². The van der Waals surface area contributed by atoms with Gasteiger partial charge in [-0.1, -0.05) is 60.7 Å². The number of sulfonamides is 1. The maximum absolute atomic E-state index is 14.0. The van der Waals surface area contributed by atoms with E-state index in [0.29, 0.717) is 22.7 Å². The number of hydrazone groups is 1. The van der Waals surface area contributed by atoms with Crippen molar-refractivity contribution in [3.8, 4) is 11.5 Å². The number of rotatable bonds is 13. The number of para-hydroxylation sites is 2. The van der Waals surface area contributed by atoms with Crippen LogP contribution in [0.15, 0.2) is 143 Å². The third kappa shape index (κ3) is 8.62. The van der Waals surface area contributed by atoms with Crippen LogP contribution in [0.1, 0.15) is 21.5 Å². The molecule has 0 heterocycles. The van der Waals surface area contributed by atoms with Gasteiger partial charge in [0.15, 0.2) is 6.61 Å². The first kappa shape index (κ1) is 32.5. The molecule has 0 aliphatic rings. The van der Waals surface area contributed by atoms with E-state index in [-0.39, 0.29) is 35.2 Å². The number of hydrogen-bond acceptors (Lipinski definition) is 7. The van der Waals surface area contributed by atoms with E-state index in [2.05, 4.69) is 15.8 Å². The number of benzene rings is 5. The Morgan fingerprint density at radius 1 is 0.766 bits per heavy atom. The lowest BCUT2D eigenvalue weighted by Crippen LogP contribution is -2.33. The number of hydrogen-bond donors (Lipinski definition) is 2. The summed E-state index contributed by atoms with van der Waals surface area (Å²) in [5.41, 5.74) is 4.89. The molecule has 238 valence electrons. The fourth-order valence-corrected chi connectivity index (χ4v) is 6.02. The second kappa shape index (κ2) is 15.4. The quantitative estimate of drug-likeness (QED) is 0.122. The average molecular weight is 649 g/mol. The molecule has 5 aromatic carbocycles. The summed E-state index contributed by atoms with van der Waals surface area (Å²) in [6, 6.07) is 37.5. The van der Waals surface area contributed by atoms with Gasteiger partial charge < -0.3 is 14.8 Å². The molecule has 2 amide bonds. The summed E-state index contributed by atoms with van der Waals surface area (Å²) in [5, 5.41) is 6.83. The number of carbonyl (C=O) groups is 2. The molecule has 0 unspecified atom stereocenters. The van der Waals surface area contributed by atoms with Crippen molar-refractivity contribution in [1.82, 2.24) is 5.43 Å². The Bertz CT molecular complexity index is 1930. The van der Waals surface area contributed by atoms with Crippen molar-refractivity contribution in [3.05, 3.63) is 150 Å². The van der Waals surface area contributed by atoms with Crippen molar-refractivity contribution >= 4 is 39.4 Å². The number of amides is 2. The molecule has 0 aliphatic heterocycles. The third-order valence-electron chi connectivity index (χ3n) is 6.92. The van der Waals surface area contributed by atoms with Crippen molar-refractivity contribution < 1.29 is 27.5 Å². The highest BCUT2D eigenvalue weighted by Crippen LogP contribution is 2.30.